The van der Waals surface area contributed by atoms with E-state index < -0.39 is 10.0 Å². The highest BCUT2D eigenvalue weighted by atomic mass is 32.2. The van der Waals surface area contributed by atoms with Crippen molar-refractivity contribution >= 4 is 21.4 Å². The number of anilines is 2. The van der Waals surface area contributed by atoms with Crippen LogP contribution in [-0.4, -0.2) is 33.9 Å². The van der Waals surface area contributed by atoms with E-state index in [4.69, 9.17) is 10.5 Å². The second-order valence-electron chi connectivity index (χ2n) is 4.55. The second kappa shape index (κ2) is 6.63. The van der Waals surface area contributed by atoms with Gasteiger partial charge in [0.1, 0.15) is 5.75 Å². The number of nitrogen functional groups attached to an aromatic ring is 1. The van der Waals surface area contributed by atoms with Gasteiger partial charge >= 0.3 is 0 Å². The van der Waals surface area contributed by atoms with Crippen molar-refractivity contribution in [1.82, 2.24) is 4.72 Å². The van der Waals surface area contributed by atoms with Gasteiger partial charge in [0.2, 0.25) is 10.0 Å². The first-order valence-electron chi connectivity index (χ1n) is 6.02. The lowest BCUT2D eigenvalue weighted by molar-refractivity contribution is 0.242. The third kappa shape index (κ3) is 6.88. The van der Waals surface area contributed by atoms with Crippen molar-refractivity contribution in [1.29, 1.82) is 0 Å². The lowest BCUT2D eigenvalue weighted by atomic mass is 10.2. The van der Waals surface area contributed by atoms with E-state index in [1.165, 1.54) is 0 Å². The Bertz CT molecular complexity index is 515. The minimum Gasteiger partial charge on any atom is -0.491 e. The van der Waals surface area contributed by atoms with Gasteiger partial charge in [0, 0.05) is 36.6 Å². The standard InChI is InChI=1S/C12H21N3O3S/c1-9(2)18-12-7-10(13)6-11(8-12)14-4-5-15-19(3,16)17/h6-9,14-15H,4-5,13H2,1-3H3. The van der Waals surface area contributed by atoms with E-state index in [-0.39, 0.29) is 6.10 Å². The Hall–Kier alpha value is -1.47. The molecule has 0 saturated carbocycles. The largest absolute Gasteiger partial charge is 0.491 e. The Kier molecular flexibility index (Phi) is 5.44. The van der Waals surface area contributed by atoms with Crippen LogP contribution in [-0.2, 0) is 10.0 Å². The Morgan fingerprint density at radius 2 is 1.95 bits per heavy atom. The van der Waals surface area contributed by atoms with Crippen molar-refractivity contribution in [2.45, 2.75) is 20.0 Å². The van der Waals surface area contributed by atoms with Crippen molar-refractivity contribution in [2.75, 3.05) is 30.4 Å². The molecular formula is C12H21N3O3S. The van der Waals surface area contributed by atoms with Crippen LogP contribution in [0.4, 0.5) is 11.4 Å². The number of ether oxygens (including phenoxy) is 1. The van der Waals surface area contributed by atoms with Gasteiger partial charge in [-0.2, -0.15) is 0 Å². The molecule has 1 rings (SSSR count). The first kappa shape index (κ1) is 15.6. The van der Waals surface area contributed by atoms with Gasteiger partial charge in [-0.05, 0) is 19.9 Å². The zero-order valence-electron chi connectivity index (χ0n) is 11.4. The predicted octanol–water partition coefficient (Wildman–Crippen LogP) is 1.02. The zero-order valence-corrected chi connectivity index (χ0v) is 12.3. The molecular weight excluding hydrogens is 266 g/mol. The number of benzene rings is 1. The van der Waals surface area contributed by atoms with Gasteiger partial charge in [-0.1, -0.05) is 0 Å². The van der Waals surface area contributed by atoms with E-state index in [9.17, 15) is 8.42 Å². The SMILES string of the molecule is CC(C)Oc1cc(N)cc(NCCNS(C)(=O)=O)c1. The van der Waals surface area contributed by atoms with Crippen LogP contribution >= 0.6 is 0 Å². The van der Waals surface area contributed by atoms with E-state index in [1.807, 2.05) is 19.9 Å². The first-order valence-corrected chi connectivity index (χ1v) is 7.91. The van der Waals surface area contributed by atoms with Crippen LogP contribution in [0, 0.1) is 0 Å². The van der Waals surface area contributed by atoms with E-state index in [0.29, 0.717) is 24.5 Å². The van der Waals surface area contributed by atoms with Crippen molar-refractivity contribution in [3.8, 4) is 5.75 Å². The van der Waals surface area contributed by atoms with Crippen molar-refractivity contribution in [3.05, 3.63) is 18.2 Å². The maximum absolute atomic E-state index is 10.9. The molecule has 7 heteroatoms. The quantitative estimate of drug-likeness (QED) is 0.514. The first-order chi connectivity index (χ1) is 8.76. The third-order valence-electron chi connectivity index (χ3n) is 2.12. The van der Waals surface area contributed by atoms with Crippen molar-refractivity contribution in [3.63, 3.8) is 0 Å². The fourth-order valence-corrected chi connectivity index (χ4v) is 1.98. The third-order valence-corrected chi connectivity index (χ3v) is 2.85. The predicted molar refractivity (Wildman–Crippen MR) is 78.0 cm³/mol. The maximum atomic E-state index is 10.9. The van der Waals surface area contributed by atoms with Gasteiger partial charge in [-0.15, -0.1) is 0 Å². The van der Waals surface area contributed by atoms with Crippen LogP contribution in [0.5, 0.6) is 5.75 Å². The molecule has 0 unspecified atom stereocenters. The summed E-state index contributed by atoms with van der Waals surface area (Å²) < 4.78 is 29.8. The monoisotopic (exact) mass is 287 g/mol. The molecule has 1 aromatic rings. The number of nitrogens with two attached hydrogens (primary N) is 1. The molecule has 0 aliphatic heterocycles. The molecule has 108 valence electrons. The number of sulfonamides is 1. The second-order valence-corrected chi connectivity index (χ2v) is 6.38. The van der Waals surface area contributed by atoms with Gasteiger partial charge in [-0.3, -0.25) is 0 Å². The Labute approximate surface area is 114 Å². The summed E-state index contributed by atoms with van der Waals surface area (Å²) in [5.41, 5.74) is 7.17. The molecule has 0 aromatic heterocycles. The summed E-state index contributed by atoms with van der Waals surface area (Å²) in [6.45, 7) is 4.66. The topological polar surface area (TPSA) is 93.4 Å². The molecule has 0 fully saturated rings. The molecule has 4 N–H and O–H groups in total. The molecule has 6 nitrogen and oxygen atoms in total. The van der Waals surface area contributed by atoms with Gasteiger partial charge < -0.3 is 15.8 Å². The van der Waals surface area contributed by atoms with Gasteiger partial charge in [0.25, 0.3) is 0 Å². The lowest BCUT2D eigenvalue weighted by Crippen LogP contribution is -2.27. The van der Waals surface area contributed by atoms with E-state index in [0.717, 1.165) is 11.9 Å². The van der Waals surface area contributed by atoms with E-state index in [1.54, 1.807) is 12.1 Å². The molecule has 0 bridgehead atoms. The average molecular weight is 287 g/mol. The van der Waals surface area contributed by atoms with Crippen LogP contribution in [0.2, 0.25) is 0 Å². The Morgan fingerprint density at radius 1 is 1.26 bits per heavy atom. The van der Waals surface area contributed by atoms with Crippen LogP contribution < -0.4 is 20.5 Å². The molecule has 0 radical (unpaired) electrons. The van der Waals surface area contributed by atoms with Crippen LogP contribution in [0.15, 0.2) is 18.2 Å². The number of hydrogen-bond donors (Lipinski definition) is 3. The van der Waals surface area contributed by atoms with Crippen LogP contribution in [0.1, 0.15) is 13.8 Å². The molecule has 0 aliphatic carbocycles. The molecule has 0 aliphatic rings. The number of hydrogen-bond acceptors (Lipinski definition) is 5. The van der Waals surface area contributed by atoms with Gasteiger partial charge in [0.05, 0.1) is 12.4 Å². The van der Waals surface area contributed by atoms with Crippen LogP contribution in [0.3, 0.4) is 0 Å². The highest BCUT2D eigenvalue weighted by molar-refractivity contribution is 7.88. The fourth-order valence-electron chi connectivity index (χ4n) is 1.51. The number of rotatable bonds is 7. The van der Waals surface area contributed by atoms with Gasteiger partial charge in [-0.25, -0.2) is 13.1 Å². The zero-order chi connectivity index (χ0) is 14.5. The summed E-state index contributed by atoms with van der Waals surface area (Å²) in [6, 6.07) is 5.35. The summed E-state index contributed by atoms with van der Waals surface area (Å²) >= 11 is 0. The molecule has 0 saturated heterocycles. The highest BCUT2D eigenvalue weighted by Gasteiger charge is 2.03. The van der Waals surface area contributed by atoms with E-state index in [2.05, 4.69) is 10.0 Å². The van der Waals surface area contributed by atoms with Crippen molar-refractivity contribution < 1.29 is 13.2 Å². The van der Waals surface area contributed by atoms with Crippen LogP contribution in [0.25, 0.3) is 0 Å². The molecule has 0 spiro atoms. The Balaban J connectivity index is 2.56. The highest BCUT2D eigenvalue weighted by Crippen LogP contribution is 2.23. The lowest BCUT2D eigenvalue weighted by Gasteiger charge is -2.13. The molecule has 1 aromatic carbocycles. The van der Waals surface area contributed by atoms with E-state index >= 15 is 0 Å². The number of nitrogens with one attached hydrogen (secondary N) is 2. The summed E-state index contributed by atoms with van der Waals surface area (Å²) in [5, 5.41) is 3.08. The van der Waals surface area contributed by atoms with Gasteiger partial charge in [0.15, 0.2) is 0 Å². The summed E-state index contributed by atoms with van der Waals surface area (Å²) in [6.07, 6.45) is 1.20. The minimum absolute atomic E-state index is 0.0709. The average Bonchev–Trinajstić information content (AvgIpc) is 2.21. The summed E-state index contributed by atoms with van der Waals surface area (Å²) in [7, 11) is -3.15. The molecule has 0 amide bonds. The normalized spacial score (nSPS) is 11.6. The smallest absolute Gasteiger partial charge is 0.208 e. The fraction of sp³-hybridized carbons (Fsp3) is 0.500. The maximum Gasteiger partial charge on any atom is 0.208 e. The summed E-state index contributed by atoms with van der Waals surface area (Å²) in [5.74, 6) is 0.688. The molecule has 0 atom stereocenters. The minimum atomic E-state index is -3.15. The molecule has 0 heterocycles. The Morgan fingerprint density at radius 3 is 2.53 bits per heavy atom. The van der Waals surface area contributed by atoms with Crippen molar-refractivity contribution in [2.24, 2.45) is 0 Å². The molecule has 19 heavy (non-hydrogen) atoms. The summed E-state index contributed by atoms with van der Waals surface area (Å²) in [4.78, 5) is 0.